The van der Waals surface area contributed by atoms with Gasteiger partial charge in [-0.05, 0) is 23.3 Å². The quantitative estimate of drug-likeness (QED) is 0.940. The third-order valence-electron chi connectivity index (χ3n) is 2.76. The van der Waals surface area contributed by atoms with Crippen LogP contribution in [0.15, 0.2) is 59.5 Å². The van der Waals surface area contributed by atoms with Crippen LogP contribution in [0.1, 0.15) is 0 Å². The van der Waals surface area contributed by atoms with Crippen LogP contribution in [0.3, 0.4) is 0 Å². The van der Waals surface area contributed by atoms with E-state index in [1.54, 1.807) is 0 Å². The fourth-order valence-electron chi connectivity index (χ4n) is 1.72. The first kappa shape index (κ1) is 14.2. The van der Waals surface area contributed by atoms with E-state index in [9.17, 15) is 17.6 Å². The number of hydrogen-bond donors (Lipinski definition) is 1. The maximum atomic E-state index is 13.2. The first-order chi connectivity index (χ1) is 9.43. The Morgan fingerprint density at radius 2 is 1.45 bits per heavy atom. The number of benzene rings is 2. The lowest BCUT2D eigenvalue weighted by Crippen LogP contribution is -2.25. The van der Waals surface area contributed by atoms with E-state index < -0.39 is 21.3 Å². The average molecular weight is 294 g/mol. The van der Waals surface area contributed by atoms with Crippen LogP contribution in [0.25, 0.3) is 11.1 Å². The molecule has 4 nitrogen and oxygen atoms in total. The van der Waals surface area contributed by atoms with Crippen LogP contribution in [-0.2, 0) is 14.6 Å². The zero-order valence-electron chi connectivity index (χ0n) is 10.2. The Kier molecular flexibility index (Phi) is 3.85. The van der Waals surface area contributed by atoms with E-state index in [-0.39, 0.29) is 4.90 Å². The summed E-state index contributed by atoms with van der Waals surface area (Å²) >= 11 is 0. The van der Waals surface area contributed by atoms with Crippen LogP contribution in [0.5, 0.6) is 0 Å². The van der Waals surface area contributed by atoms with Gasteiger partial charge in [-0.3, -0.25) is 0 Å². The van der Waals surface area contributed by atoms with Crippen LogP contribution >= 0.6 is 0 Å². The third kappa shape index (κ3) is 2.70. The number of carboxylic acid groups (broad SMARTS) is 1. The van der Waals surface area contributed by atoms with Gasteiger partial charge in [-0.15, -0.1) is 0 Å². The highest BCUT2D eigenvalue weighted by atomic mass is 32.2. The molecule has 0 radical (unpaired) electrons. The topological polar surface area (TPSA) is 71.4 Å². The molecule has 2 aromatic carbocycles. The Morgan fingerprint density at radius 3 is 1.95 bits per heavy atom. The van der Waals surface area contributed by atoms with E-state index in [2.05, 4.69) is 0 Å². The summed E-state index contributed by atoms with van der Waals surface area (Å²) in [6, 6.07) is 14.6. The number of sulfone groups is 1. The Labute approximate surface area is 115 Å². The van der Waals surface area contributed by atoms with E-state index in [4.69, 9.17) is 5.11 Å². The van der Waals surface area contributed by atoms with E-state index in [0.717, 1.165) is 11.1 Å². The third-order valence-corrected chi connectivity index (χ3v) is 4.43. The molecule has 20 heavy (non-hydrogen) atoms. The summed E-state index contributed by atoms with van der Waals surface area (Å²) in [5.41, 5.74) is -1.31. The summed E-state index contributed by atoms with van der Waals surface area (Å²) in [6.45, 7) is 0. The second-order valence-corrected chi connectivity index (χ2v) is 6.06. The summed E-state index contributed by atoms with van der Waals surface area (Å²) in [4.78, 5) is 10.1. The smallest absolute Gasteiger partial charge is 0.354 e. The summed E-state index contributed by atoms with van der Waals surface area (Å²) < 4.78 is 36.6. The lowest BCUT2D eigenvalue weighted by atomic mass is 10.1. The molecule has 1 atom stereocenters. The fourth-order valence-corrected chi connectivity index (χ4v) is 2.74. The number of alkyl halides is 1. The molecule has 0 amide bonds. The van der Waals surface area contributed by atoms with E-state index in [1.165, 1.54) is 24.3 Å². The molecule has 0 unspecified atom stereocenters. The number of aliphatic carboxylic acids is 1. The number of hydrogen-bond acceptors (Lipinski definition) is 3. The highest BCUT2D eigenvalue weighted by Gasteiger charge is 2.33. The van der Waals surface area contributed by atoms with Gasteiger partial charge in [0.1, 0.15) is 0 Å². The van der Waals surface area contributed by atoms with E-state index >= 15 is 0 Å². The maximum Gasteiger partial charge on any atom is 0.354 e. The zero-order chi connectivity index (χ0) is 14.8. The molecule has 0 aromatic heterocycles. The predicted molar refractivity (Wildman–Crippen MR) is 71.6 cm³/mol. The molecule has 2 rings (SSSR count). The molecule has 0 fully saturated rings. The van der Waals surface area contributed by atoms with Crippen molar-refractivity contribution >= 4 is 15.8 Å². The Bertz CT molecular complexity index is 709. The van der Waals surface area contributed by atoms with Crippen molar-refractivity contribution in [1.82, 2.24) is 0 Å². The van der Waals surface area contributed by atoms with Crippen LogP contribution < -0.4 is 0 Å². The van der Waals surface area contributed by atoms with Crippen LogP contribution in [0.2, 0.25) is 0 Å². The monoisotopic (exact) mass is 294 g/mol. The summed E-state index contributed by atoms with van der Waals surface area (Å²) in [5, 5.41) is 8.46. The highest BCUT2D eigenvalue weighted by Crippen LogP contribution is 2.23. The molecule has 0 heterocycles. The van der Waals surface area contributed by atoms with Gasteiger partial charge in [-0.25, -0.2) is 17.6 Å². The van der Waals surface area contributed by atoms with Crippen molar-refractivity contribution in [2.24, 2.45) is 0 Å². The Balaban J connectivity index is 2.36. The molecular formula is C14H11FO4S. The first-order valence-electron chi connectivity index (χ1n) is 5.69. The second kappa shape index (κ2) is 5.42. The molecule has 0 aliphatic carbocycles. The normalized spacial score (nSPS) is 12.8. The van der Waals surface area contributed by atoms with Crippen molar-refractivity contribution in [3.8, 4) is 11.1 Å². The summed E-state index contributed by atoms with van der Waals surface area (Å²) in [7, 11) is -4.50. The van der Waals surface area contributed by atoms with Crippen molar-refractivity contribution in [1.29, 1.82) is 0 Å². The van der Waals surface area contributed by atoms with Gasteiger partial charge in [-0.2, -0.15) is 0 Å². The zero-order valence-corrected chi connectivity index (χ0v) is 11.0. The Hall–Kier alpha value is -2.21. The minimum atomic E-state index is -4.50. The molecule has 0 aliphatic heterocycles. The molecule has 0 saturated heterocycles. The minimum Gasteiger partial charge on any atom is -0.478 e. The largest absolute Gasteiger partial charge is 0.478 e. The van der Waals surface area contributed by atoms with Gasteiger partial charge in [-0.1, -0.05) is 42.5 Å². The molecule has 0 aliphatic rings. The molecule has 0 spiro atoms. The Morgan fingerprint density at radius 1 is 0.950 bits per heavy atom. The average Bonchev–Trinajstić information content (AvgIpc) is 2.47. The number of carboxylic acids is 1. The molecule has 0 bridgehead atoms. The van der Waals surface area contributed by atoms with Crippen LogP contribution in [-0.4, -0.2) is 25.0 Å². The van der Waals surface area contributed by atoms with Gasteiger partial charge < -0.3 is 5.11 Å². The first-order valence-corrected chi connectivity index (χ1v) is 7.24. The van der Waals surface area contributed by atoms with Crippen LogP contribution in [0, 0.1) is 0 Å². The van der Waals surface area contributed by atoms with Crippen molar-refractivity contribution in [3.05, 3.63) is 54.6 Å². The lowest BCUT2D eigenvalue weighted by Gasteiger charge is -2.07. The van der Waals surface area contributed by atoms with E-state index in [0.29, 0.717) is 0 Å². The van der Waals surface area contributed by atoms with Crippen molar-refractivity contribution in [2.45, 2.75) is 10.4 Å². The summed E-state index contributed by atoms with van der Waals surface area (Å²) in [6.07, 6.45) is 0. The molecular weight excluding hydrogens is 283 g/mol. The SMILES string of the molecule is O=C(O)[C@H](F)S(=O)(=O)c1ccc(-c2ccccc2)cc1. The maximum absolute atomic E-state index is 13.2. The predicted octanol–water partition coefficient (Wildman–Crippen LogP) is 2.51. The van der Waals surface area contributed by atoms with Crippen molar-refractivity contribution in [3.63, 3.8) is 0 Å². The molecule has 6 heteroatoms. The summed E-state index contributed by atoms with van der Waals surface area (Å²) in [5.74, 6) is -2.02. The van der Waals surface area contributed by atoms with Gasteiger partial charge in [0.15, 0.2) is 0 Å². The lowest BCUT2D eigenvalue weighted by molar-refractivity contribution is -0.139. The molecule has 2 aromatic rings. The molecule has 104 valence electrons. The number of halogens is 1. The standard InChI is InChI=1S/C14H11FO4S/c15-13(14(16)17)20(18,19)12-8-6-11(7-9-12)10-4-2-1-3-5-10/h1-9,13H,(H,16,17)/t13-/m1/s1. The van der Waals surface area contributed by atoms with Crippen molar-refractivity contribution < 1.29 is 22.7 Å². The van der Waals surface area contributed by atoms with Gasteiger partial charge in [0, 0.05) is 0 Å². The van der Waals surface area contributed by atoms with Crippen LogP contribution in [0.4, 0.5) is 4.39 Å². The van der Waals surface area contributed by atoms with Gasteiger partial charge in [0.2, 0.25) is 9.84 Å². The fraction of sp³-hybridized carbons (Fsp3) is 0.0714. The molecule has 1 N–H and O–H groups in total. The van der Waals surface area contributed by atoms with Gasteiger partial charge >= 0.3 is 11.5 Å². The molecule has 0 saturated carbocycles. The highest BCUT2D eigenvalue weighted by molar-refractivity contribution is 7.92. The minimum absolute atomic E-state index is 0.355. The van der Waals surface area contributed by atoms with Gasteiger partial charge in [0.25, 0.3) is 0 Å². The number of rotatable bonds is 4. The van der Waals surface area contributed by atoms with Crippen molar-refractivity contribution in [2.75, 3.05) is 0 Å². The van der Waals surface area contributed by atoms with E-state index in [1.807, 2.05) is 30.3 Å². The van der Waals surface area contributed by atoms with Gasteiger partial charge in [0.05, 0.1) is 4.90 Å². The number of carbonyl (C=O) groups is 1. The second-order valence-electron chi connectivity index (χ2n) is 4.09.